The van der Waals surface area contributed by atoms with Crippen molar-refractivity contribution in [3.63, 3.8) is 0 Å². The number of nitrogens with one attached hydrogen (secondary N) is 1. The summed E-state index contributed by atoms with van der Waals surface area (Å²) in [5.41, 5.74) is 3.51. The van der Waals surface area contributed by atoms with Gasteiger partial charge in [-0.3, -0.25) is 14.3 Å². The molecule has 4 aliphatic rings. The molecule has 5 atom stereocenters. The third-order valence-electron chi connectivity index (χ3n) is 10.5. The molecule has 9 nitrogen and oxygen atoms in total. The molecule has 6 rings (SSSR count). The molecule has 2 aliphatic heterocycles. The predicted molar refractivity (Wildman–Crippen MR) is 189 cm³/mol. The molecule has 0 radical (unpaired) electrons. The van der Waals surface area contributed by atoms with E-state index in [9.17, 15) is 13.8 Å². The van der Waals surface area contributed by atoms with Crippen molar-refractivity contribution < 1.29 is 28.0 Å². The van der Waals surface area contributed by atoms with Crippen molar-refractivity contribution in [3.05, 3.63) is 70.3 Å². The minimum atomic E-state index is -3.43. The number of amides is 2. The zero-order chi connectivity index (χ0) is 33.8. The van der Waals surface area contributed by atoms with Gasteiger partial charge in [0.1, 0.15) is 15.7 Å². The lowest BCUT2D eigenvalue weighted by atomic mass is 9.70. The first-order chi connectivity index (χ1) is 23.1. The van der Waals surface area contributed by atoms with Crippen molar-refractivity contribution in [3.8, 4) is 5.75 Å². The maximum atomic E-state index is 14.4. The van der Waals surface area contributed by atoms with Crippen molar-refractivity contribution in [2.75, 3.05) is 38.0 Å². The number of allylic oxidation sites excluding steroid dienone is 1. The lowest BCUT2D eigenvalue weighted by Gasteiger charge is -2.43. The molecule has 2 aromatic rings. The van der Waals surface area contributed by atoms with Crippen LogP contribution in [0.25, 0.3) is 0 Å². The molecule has 0 aromatic heterocycles. The van der Waals surface area contributed by atoms with Gasteiger partial charge in [0.25, 0.3) is 5.91 Å². The molecule has 0 saturated heterocycles. The molecular formula is C37H48ClN3O6S. The normalized spacial score (nSPS) is 31.7. The van der Waals surface area contributed by atoms with E-state index < -0.39 is 15.8 Å². The van der Waals surface area contributed by atoms with Crippen LogP contribution in [0.3, 0.4) is 0 Å². The van der Waals surface area contributed by atoms with Gasteiger partial charge in [-0.1, -0.05) is 36.7 Å². The quantitative estimate of drug-likeness (QED) is 0.352. The summed E-state index contributed by atoms with van der Waals surface area (Å²) in [5.74, 6) is 0.0726. The van der Waals surface area contributed by atoms with Crippen molar-refractivity contribution in [1.29, 1.82) is 0 Å². The number of halogens is 1. The lowest BCUT2D eigenvalue weighted by Crippen LogP contribution is -2.45. The third kappa shape index (κ3) is 8.09. The number of anilines is 1. The molecule has 11 heteroatoms. The topological polar surface area (TPSA) is 107 Å². The van der Waals surface area contributed by atoms with Crippen LogP contribution in [0.15, 0.2) is 52.9 Å². The molecule has 1 N–H and O–H groups in total. The van der Waals surface area contributed by atoms with E-state index in [1.807, 2.05) is 25.1 Å². The number of carbonyl (C=O) groups excluding carboxylic acids is 2. The van der Waals surface area contributed by atoms with E-state index in [1.165, 1.54) is 11.1 Å². The minimum Gasteiger partial charge on any atom is -0.491 e. The summed E-state index contributed by atoms with van der Waals surface area (Å²) < 4.78 is 39.1. The third-order valence-corrected chi connectivity index (χ3v) is 12.7. The summed E-state index contributed by atoms with van der Waals surface area (Å²) >= 11 is 6.45. The second kappa shape index (κ2) is 15.3. The van der Waals surface area contributed by atoms with Crippen LogP contribution in [0.2, 0.25) is 5.02 Å². The fraction of sp³-hybridized carbons (Fsp3) is 0.568. The Morgan fingerprint density at radius 2 is 1.92 bits per heavy atom. The summed E-state index contributed by atoms with van der Waals surface area (Å²) in [4.78, 5) is 29.4. The van der Waals surface area contributed by atoms with Gasteiger partial charge in [0.2, 0.25) is 5.91 Å². The highest BCUT2D eigenvalue weighted by Crippen LogP contribution is 2.42. The first-order valence-corrected chi connectivity index (χ1v) is 19.3. The van der Waals surface area contributed by atoms with E-state index in [0.717, 1.165) is 49.4 Å². The zero-order valence-corrected chi connectivity index (χ0v) is 29.8. The van der Waals surface area contributed by atoms with Crippen molar-refractivity contribution in [2.24, 2.45) is 28.0 Å². The summed E-state index contributed by atoms with van der Waals surface area (Å²) in [7, 11) is -0.0489. The van der Waals surface area contributed by atoms with Gasteiger partial charge >= 0.3 is 0 Å². The first kappa shape index (κ1) is 34.9. The Bertz CT molecular complexity index is 1650. The molecule has 260 valence electrons. The van der Waals surface area contributed by atoms with Gasteiger partial charge in [0.05, 0.1) is 30.3 Å². The zero-order valence-electron chi connectivity index (χ0n) is 28.2. The van der Waals surface area contributed by atoms with Gasteiger partial charge in [-0.25, -0.2) is 4.21 Å². The average Bonchev–Trinajstić information content (AvgIpc) is 3.04. The molecule has 2 bridgehead atoms. The van der Waals surface area contributed by atoms with Crippen LogP contribution in [0.5, 0.6) is 5.75 Å². The second-order valence-corrected chi connectivity index (χ2v) is 16.4. The minimum absolute atomic E-state index is 0.0117. The number of carbonyl (C=O) groups is 2. The molecular weight excluding hydrogens is 650 g/mol. The Morgan fingerprint density at radius 3 is 2.67 bits per heavy atom. The molecule has 2 aliphatic carbocycles. The number of hydrogen-bond acceptors (Lipinski definition) is 7. The molecule has 2 amide bonds. The van der Waals surface area contributed by atoms with E-state index in [4.69, 9.17) is 25.8 Å². The Hall–Kier alpha value is -2.92. The van der Waals surface area contributed by atoms with Gasteiger partial charge in [-0.15, -0.1) is 4.36 Å². The van der Waals surface area contributed by atoms with Gasteiger partial charge in [0, 0.05) is 43.8 Å². The van der Waals surface area contributed by atoms with Gasteiger partial charge in [-0.2, -0.15) is 0 Å². The summed E-state index contributed by atoms with van der Waals surface area (Å²) in [6.07, 6.45) is 10.8. The molecule has 48 heavy (non-hydrogen) atoms. The van der Waals surface area contributed by atoms with Crippen molar-refractivity contribution in [2.45, 2.75) is 77.0 Å². The summed E-state index contributed by atoms with van der Waals surface area (Å²) in [6.45, 7) is 3.87. The number of aryl methyl sites for hydroxylation is 1. The number of nitrogens with zero attached hydrogens (tertiary/aromatic N) is 2. The van der Waals surface area contributed by atoms with Crippen LogP contribution in [-0.4, -0.2) is 61.4 Å². The number of hydrogen-bond donors (Lipinski definition) is 1. The van der Waals surface area contributed by atoms with Crippen molar-refractivity contribution in [1.82, 2.24) is 4.72 Å². The van der Waals surface area contributed by atoms with E-state index in [0.29, 0.717) is 55.6 Å². The second-order valence-electron chi connectivity index (χ2n) is 13.9. The SMILES string of the molecule is COC1CC(C(=O)NS2(=O)=NC(=O)c3ccc4c(c3)N(Cc3ccc(Cl)cc3CCCCO4)C[C@@H]3CC[C@H]3[C@@H](OC)/C=C/C[C@H](C)C2)C1. The predicted octanol–water partition coefficient (Wildman–Crippen LogP) is 6.76. The lowest BCUT2D eigenvalue weighted by molar-refractivity contribution is -0.130. The van der Waals surface area contributed by atoms with E-state index in [1.54, 1.807) is 20.3 Å². The van der Waals surface area contributed by atoms with Crippen LogP contribution in [0.1, 0.15) is 73.4 Å². The number of fused-ring (bicyclic) bond motifs is 3. The molecule has 2 aromatic carbocycles. The monoisotopic (exact) mass is 697 g/mol. The molecule has 2 heterocycles. The maximum absolute atomic E-state index is 14.4. The summed E-state index contributed by atoms with van der Waals surface area (Å²) in [5, 5.41) is 0.720. The molecule has 0 spiro atoms. The number of ether oxygens (including phenoxy) is 3. The van der Waals surface area contributed by atoms with E-state index in [2.05, 4.69) is 38.3 Å². The smallest absolute Gasteiger partial charge is 0.286 e. The summed E-state index contributed by atoms with van der Waals surface area (Å²) in [6, 6.07) is 11.5. The standard InChI is InChI=1S/C37H48ClN3O6S/c1-24-7-6-9-34(46-3)32-14-11-28(32)22-41-21-27-10-13-30(38)17-25(27)8-4-5-16-47-35-15-12-26(20-33(35)41)36(42)39-48(44,23-24)40-37(43)29-18-31(19-29)45-2/h6,9-10,12-13,15,17,20,24,28-29,31-32,34H,4-5,7-8,11,14,16,18-19,21-23H2,1-3H3,(H,39,40,42,43,44)/b9-6+/t24-,28-,29?,31?,32+,34-,48?/m0/s1. The largest absolute Gasteiger partial charge is 0.491 e. The molecule has 2 saturated carbocycles. The van der Waals surface area contributed by atoms with Gasteiger partial charge < -0.3 is 19.1 Å². The van der Waals surface area contributed by atoms with Crippen LogP contribution in [0.4, 0.5) is 5.69 Å². The fourth-order valence-corrected chi connectivity index (χ4v) is 9.55. The van der Waals surface area contributed by atoms with Crippen LogP contribution in [-0.2, 0) is 37.1 Å². The van der Waals surface area contributed by atoms with E-state index in [-0.39, 0.29) is 35.7 Å². The number of benzene rings is 2. The van der Waals surface area contributed by atoms with Crippen LogP contribution >= 0.6 is 11.6 Å². The van der Waals surface area contributed by atoms with Crippen LogP contribution < -0.4 is 14.4 Å². The fourth-order valence-electron chi connectivity index (χ4n) is 7.39. The highest BCUT2D eigenvalue weighted by molar-refractivity contribution is 7.92. The number of rotatable bonds is 4. The highest BCUT2D eigenvalue weighted by atomic mass is 35.5. The highest BCUT2D eigenvalue weighted by Gasteiger charge is 2.39. The Balaban J connectivity index is 1.42. The van der Waals surface area contributed by atoms with Gasteiger partial charge in [-0.05, 0) is 111 Å². The maximum Gasteiger partial charge on any atom is 0.286 e. The van der Waals surface area contributed by atoms with Gasteiger partial charge in [0.15, 0.2) is 0 Å². The Labute approximate surface area is 290 Å². The van der Waals surface area contributed by atoms with Crippen LogP contribution in [0, 0.1) is 23.7 Å². The molecule has 2 fully saturated rings. The molecule has 1 unspecified atom stereocenters. The first-order valence-electron chi connectivity index (χ1n) is 17.3. The Morgan fingerprint density at radius 1 is 1.08 bits per heavy atom. The average molecular weight is 698 g/mol. The Kier molecular flexibility index (Phi) is 11.1. The van der Waals surface area contributed by atoms with E-state index >= 15 is 0 Å². The number of methoxy groups -OCH3 is 2. The van der Waals surface area contributed by atoms with Crippen molar-refractivity contribution >= 4 is 39.0 Å².